The molecule has 0 nitrogen and oxygen atoms in total. The van der Waals surface area contributed by atoms with Gasteiger partial charge in [0.05, 0.1) is 0 Å². The van der Waals surface area contributed by atoms with Gasteiger partial charge in [0.15, 0.2) is 0 Å². The molecule has 0 radical (unpaired) electrons. The molecule has 1 rings (SSSR count). The summed E-state index contributed by atoms with van der Waals surface area (Å²) in [5.74, 6) is 0. The molecule has 62 valence electrons. The molecule has 0 saturated carbocycles. The van der Waals surface area contributed by atoms with E-state index in [2.05, 4.69) is 52.8 Å². The number of hydrogen-bond donors (Lipinski definition) is 0. The number of allylic oxidation sites excluding steroid dienone is 4. The third-order valence-electron chi connectivity index (χ3n) is 3.01. The zero-order chi connectivity index (χ0) is 8.70. The van der Waals surface area contributed by atoms with Gasteiger partial charge in [0.1, 0.15) is 0 Å². The topological polar surface area (TPSA) is 0 Å². The van der Waals surface area contributed by atoms with Crippen molar-refractivity contribution in [3.63, 3.8) is 0 Å². The molecular formula is C11H18. The summed E-state index contributed by atoms with van der Waals surface area (Å²) in [6, 6.07) is 0. The third-order valence-corrected chi connectivity index (χ3v) is 3.01. The lowest BCUT2D eigenvalue weighted by Gasteiger charge is -2.40. The molecule has 0 amide bonds. The first-order valence-electron chi connectivity index (χ1n) is 4.24. The normalized spacial score (nSPS) is 26.5. The van der Waals surface area contributed by atoms with Crippen LogP contribution in [0.15, 0.2) is 23.8 Å². The average molecular weight is 150 g/mol. The predicted molar refractivity (Wildman–Crippen MR) is 50.5 cm³/mol. The van der Waals surface area contributed by atoms with Gasteiger partial charge >= 0.3 is 0 Å². The van der Waals surface area contributed by atoms with Crippen molar-refractivity contribution in [2.75, 3.05) is 0 Å². The first-order chi connectivity index (χ1) is 4.85. The van der Waals surface area contributed by atoms with Gasteiger partial charge in [-0.2, -0.15) is 0 Å². The maximum atomic E-state index is 2.35. The van der Waals surface area contributed by atoms with Crippen molar-refractivity contribution < 1.29 is 0 Å². The molecule has 11 heavy (non-hydrogen) atoms. The lowest BCUT2D eigenvalue weighted by Crippen LogP contribution is -2.30. The second kappa shape index (κ2) is 2.23. The molecule has 0 aliphatic heterocycles. The SMILES string of the molecule is CC1=CC(C)(C)C(C)(C)C=C1. The second-order valence-electron chi connectivity index (χ2n) is 4.67. The van der Waals surface area contributed by atoms with Crippen molar-refractivity contribution >= 4 is 0 Å². The Kier molecular flexibility index (Phi) is 1.74. The molecule has 0 aromatic carbocycles. The van der Waals surface area contributed by atoms with Crippen molar-refractivity contribution in [1.82, 2.24) is 0 Å². The molecule has 0 N–H and O–H groups in total. The Labute approximate surface area is 70.0 Å². The Morgan fingerprint density at radius 3 is 1.91 bits per heavy atom. The van der Waals surface area contributed by atoms with Crippen LogP contribution in [-0.4, -0.2) is 0 Å². The van der Waals surface area contributed by atoms with Gasteiger partial charge in [0, 0.05) is 0 Å². The quantitative estimate of drug-likeness (QED) is 0.495. The van der Waals surface area contributed by atoms with Crippen molar-refractivity contribution in [3.05, 3.63) is 23.8 Å². The van der Waals surface area contributed by atoms with Crippen LogP contribution in [0.3, 0.4) is 0 Å². The van der Waals surface area contributed by atoms with Gasteiger partial charge in [-0.3, -0.25) is 0 Å². The van der Waals surface area contributed by atoms with Crippen molar-refractivity contribution in [2.45, 2.75) is 34.6 Å². The van der Waals surface area contributed by atoms with Crippen molar-refractivity contribution in [1.29, 1.82) is 0 Å². The molecule has 0 aromatic heterocycles. The Bertz CT molecular complexity index is 214. The highest BCUT2D eigenvalue weighted by molar-refractivity contribution is 5.28. The van der Waals surface area contributed by atoms with E-state index in [1.807, 2.05) is 0 Å². The van der Waals surface area contributed by atoms with E-state index in [1.165, 1.54) is 5.57 Å². The molecule has 0 aromatic rings. The summed E-state index contributed by atoms with van der Waals surface area (Å²) in [4.78, 5) is 0. The first kappa shape index (κ1) is 8.58. The van der Waals surface area contributed by atoms with E-state index in [4.69, 9.17) is 0 Å². The van der Waals surface area contributed by atoms with E-state index < -0.39 is 0 Å². The highest BCUT2D eigenvalue weighted by Gasteiger charge is 2.34. The monoisotopic (exact) mass is 150 g/mol. The van der Waals surface area contributed by atoms with Crippen molar-refractivity contribution in [3.8, 4) is 0 Å². The molecule has 0 heteroatoms. The van der Waals surface area contributed by atoms with E-state index in [0.29, 0.717) is 10.8 Å². The Balaban J connectivity index is 3.04. The van der Waals surface area contributed by atoms with Gasteiger partial charge in [-0.25, -0.2) is 0 Å². The summed E-state index contributed by atoms with van der Waals surface area (Å²) in [7, 11) is 0. The summed E-state index contributed by atoms with van der Waals surface area (Å²) in [5.41, 5.74) is 1.98. The summed E-state index contributed by atoms with van der Waals surface area (Å²) in [6.45, 7) is 11.3. The standard InChI is InChI=1S/C11H18/c1-9-6-7-10(2,3)11(4,5)8-9/h6-8H,1-5H3. The lowest BCUT2D eigenvalue weighted by molar-refractivity contribution is 0.227. The van der Waals surface area contributed by atoms with Crippen LogP contribution in [0.4, 0.5) is 0 Å². The minimum absolute atomic E-state index is 0.297. The molecule has 0 saturated heterocycles. The molecular weight excluding hydrogens is 132 g/mol. The van der Waals surface area contributed by atoms with Gasteiger partial charge in [0.25, 0.3) is 0 Å². The summed E-state index contributed by atoms with van der Waals surface area (Å²) >= 11 is 0. The molecule has 0 heterocycles. The lowest BCUT2D eigenvalue weighted by atomic mass is 9.65. The highest BCUT2D eigenvalue weighted by Crippen LogP contribution is 2.44. The second-order valence-corrected chi connectivity index (χ2v) is 4.67. The van der Waals surface area contributed by atoms with E-state index >= 15 is 0 Å². The Morgan fingerprint density at radius 2 is 1.55 bits per heavy atom. The molecule has 0 bridgehead atoms. The van der Waals surface area contributed by atoms with E-state index in [1.54, 1.807) is 0 Å². The maximum absolute atomic E-state index is 2.35. The summed E-state index contributed by atoms with van der Waals surface area (Å²) in [5, 5.41) is 0. The molecule has 0 fully saturated rings. The predicted octanol–water partition coefficient (Wildman–Crippen LogP) is 3.55. The van der Waals surface area contributed by atoms with E-state index in [9.17, 15) is 0 Å². The van der Waals surface area contributed by atoms with Gasteiger partial charge in [0.2, 0.25) is 0 Å². The fourth-order valence-corrected chi connectivity index (χ4v) is 1.36. The summed E-state index contributed by atoms with van der Waals surface area (Å²) in [6.07, 6.45) is 6.88. The van der Waals surface area contributed by atoms with Crippen LogP contribution in [0.5, 0.6) is 0 Å². The summed E-state index contributed by atoms with van der Waals surface area (Å²) < 4.78 is 0. The maximum Gasteiger partial charge on any atom is -0.00834 e. The minimum atomic E-state index is 0.297. The van der Waals surface area contributed by atoms with Gasteiger partial charge in [-0.15, -0.1) is 0 Å². The largest absolute Gasteiger partial charge is 0.0778 e. The zero-order valence-corrected chi connectivity index (χ0v) is 8.23. The molecule has 0 atom stereocenters. The zero-order valence-electron chi connectivity index (χ0n) is 8.23. The Morgan fingerprint density at radius 1 is 1.00 bits per heavy atom. The van der Waals surface area contributed by atoms with Crippen molar-refractivity contribution in [2.24, 2.45) is 10.8 Å². The average Bonchev–Trinajstić information content (AvgIpc) is 1.80. The van der Waals surface area contributed by atoms with Crippen LogP contribution in [0.2, 0.25) is 0 Å². The third kappa shape index (κ3) is 1.40. The molecule has 1 aliphatic carbocycles. The smallest absolute Gasteiger partial charge is 0.00834 e. The molecule has 0 spiro atoms. The fourth-order valence-electron chi connectivity index (χ4n) is 1.36. The minimum Gasteiger partial charge on any atom is -0.0778 e. The molecule has 1 aliphatic rings. The van der Waals surface area contributed by atoms with Crippen LogP contribution in [0, 0.1) is 10.8 Å². The van der Waals surface area contributed by atoms with Gasteiger partial charge in [-0.05, 0) is 17.8 Å². The van der Waals surface area contributed by atoms with E-state index in [0.717, 1.165) is 0 Å². The number of rotatable bonds is 0. The van der Waals surface area contributed by atoms with Crippen LogP contribution in [0.1, 0.15) is 34.6 Å². The highest BCUT2D eigenvalue weighted by atomic mass is 14.4. The molecule has 0 unspecified atom stereocenters. The van der Waals surface area contributed by atoms with Crippen LogP contribution < -0.4 is 0 Å². The number of hydrogen-bond acceptors (Lipinski definition) is 0. The van der Waals surface area contributed by atoms with Crippen LogP contribution >= 0.6 is 0 Å². The fraction of sp³-hybridized carbons (Fsp3) is 0.636. The van der Waals surface area contributed by atoms with E-state index in [-0.39, 0.29) is 0 Å². The first-order valence-corrected chi connectivity index (χ1v) is 4.24. The van der Waals surface area contributed by atoms with Gasteiger partial charge < -0.3 is 0 Å². The van der Waals surface area contributed by atoms with Crippen LogP contribution in [0.25, 0.3) is 0 Å². The Hall–Kier alpha value is -0.520. The van der Waals surface area contributed by atoms with Crippen LogP contribution in [-0.2, 0) is 0 Å². The van der Waals surface area contributed by atoms with Gasteiger partial charge in [-0.1, -0.05) is 51.5 Å².